The zero-order chi connectivity index (χ0) is 31.5. The number of aryl methyl sites for hydroxylation is 1. The highest BCUT2D eigenvalue weighted by Gasteiger charge is 2.70. The lowest BCUT2D eigenvalue weighted by Gasteiger charge is -2.39. The summed E-state index contributed by atoms with van der Waals surface area (Å²) in [5, 5.41) is 14.4. The van der Waals surface area contributed by atoms with Gasteiger partial charge in [-0.25, -0.2) is 0 Å². The largest absolute Gasteiger partial charge is 0.352 e. The summed E-state index contributed by atoms with van der Waals surface area (Å²) in [4.78, 5) is 57.2. The number of para-hydroxylation sites is 2. The molecule has 7 rings (SSSR count). The lowest BCUT2D eigenvalue weighted by Crippen LogP contribution is -2.51. The molecule has 1 amide bonds. The van der Waals surface area contributed by atoms with Crippen molar-refractivity contribution in [1.82, 2.24) is 0 Å². The predicted molar refractivity (Wildman–Crippen MR) is 173 cm³/mol. The molecular formula is C37H31N3O5. The second kappa shape index (κ2) is 10.7. The van der Waals surface area contributed by atoms with Crippen LogP contribution >= 0.6 is 0 Å². The number of benzene rings is 4. The zero-order valence-electron chi connectivity index (χ0n) is 24.9. The van der Waals surface area contributed by atoms with Crippen LogP contribution in [-0.2, 0) is 16.6 Å². The number of non-ortho nitro benzene ring substituents is 1. The van der Waals surface area contributed by atoms with Crippen LogP contribution in [0.25, 0.3) is 5.57 Å². The van der Waals surface area contributed by atoms with Crippen molar-refractivity contribution in [3.63, 3.8) is 0 Å². The quantitative estimate of drug-likeness (QED) is 0.143. The number of ketones is 2. The molecular weight excluding hydrogens is 566 g/mol. The number of hydrogen-bond acceptors (Lipinski definition) is 6. The van der Waals surface area contributed by atoms with Gasteiger partial charge in [0.05, 0.1) is 16.9 Å². The van der Waals surface area contributed by atoms with Gasteiger partial charge >= 0.3 is 0 Å². The van der Waals surface area contributed by atoms with Gasteiger partial charge in [-0.2, -0.15) is 0 Å². The van der Waals surface area contributed by atoms with Crippen molar-refractivity contribution >= 4 is 40.1 Å². The third-order valence-corrected chi connectivity index (χ3v) is 9.57. The molecule has 4 atom stereocenters. The Labute approximate surface area is 260 Å². The first kappa shape index (κ1) is 28.4. The lowest BCUT2D eigenvalue weighted by molar-refractivity contribution is -0.384. The van der Waals surface area contributed by atoms with E-state index in [2.05, 4.69) is 12.2 Å². The van der Waals surface area contributed by atoms with Crippen LogP contribution in [0.15, 0.2) is 103 Å². The third kappa shape index (κ3) is 4.16. The molecule has 0 aliphatic carbocycles. The molecule has 1 spiro atoms. The Kier molecular flexibility index (Phi) is 6.73. The average Bonchev–Trinajstić information content (AvgIpc) is 3.53. The Balaban J connectivity index is 1.50. The highest BCUT2D eigenvalue weighted by molar-refractivity contribution is 6.18. The number of anilines is 2. The number of rotatable bonds is 7. The minimum atomic E-state index is -1.42. The maximum Gasteiger partial charge on any atom is 0.269 e. The fraction of sp³-hybridized carbons (Fsp3) is 0.216. The summed E-state index contributed by atoms with van der Waals surface area (Å²) in [5.74, 6) is -2.13. The van der Waals surface area contributed by atoms with Crippen molar-refractivity contribution < 1.29 is 19.3 Å². The van der Waals surface area contributed by atoms with Gasteiger partial charge in [-0.1, -0.05) is 80.1 Å². The van der Waals surface area contributed by atoms with Crippen molar-refractivity contribution in [2.45, 2.75) is 44.2 Å². The normalized spacial score (nSPS) is 22.7. The van der Waals surface area contributed by atoms with Crippen LogP contribution in [0.3, 0.4) is 0 Å². The second-order valence-corrected chi connectivity index (χ2v) is 12.0. The number of hydrogen-bond donors (Lipinski definition) is 1. The molecule has 1 saturated heterocycles. The first-order valence-corrected chi connectivity index (χ1v) is 15.2. The van der Waals surface area contributed by atoms with Crippen molar-refractivity contribution in [1.29, 1.82) is 0 Å². The number of nitrogens with zero attached hydrogens (tertiary/aromatic N) is 2. The number of Topliss-reactive ketones (excluding diaryl/α,β-unsaturated/α-hetero) is 2. The number of nitro benzene ring substituents is 1. The Bertz CT molecular complexity index is 1910. The number of carbonyl (C=O) groups is 3. The molecule has 0 radical (unpaired) electrons. The molecule has 1 fully saturated rings. The van der Waals surface area contributed by atoms with E-state index in [9.17, 15) is 24.5 Å². The first-order chi connectivity index (χ1) is 21.8. The Morgan fingerprint density at radius 2 is 1.53 bits per heavy atom. The minimum Gasteiger partial charge on any atom is -0.352 e. The SMILES string of the molecule is CCCc1ccc(C(=O)[C@H]2[C@H](C(=O)c3ccc([N+](=O)[O-])cc3)N3c4ccccc4C(C)=C[C@@H]3[C@]23C(=O)Nc2ccccc23)cc1. The van der Waals surface area contributed by atoms with Gasteiger partial charge in [0.2, 0.25) is 5.91 Å². The summed E-state index contributed by atoms with van der Waals surface area (Å²) in [6.45, 7) is 4.08. The fourth-order valence-corrected chi connectivity index (χ4v) is 7.61. The summed E-state index contributed by atoms with van der Waals surface area (Å²) < 4.78 is 0. The van der Waals surface area contributed by atoms with Crippen LogP contribution in [0.1, 0.15) is 57.7 Å². The van der Waals surface area contributed by atoms with Gasteiger partial charge in [-0.3, -0.25) is 24.5 Å². The van der Waals surface area contributed by atoms with Crippen molar-refractivity contribution in [3.8, 4) is 0 Å². The van der Waals surface area contributed by atoms with Crippen molar-refractivity contribution in [3.05, 3.63) is 141 Å². The molecule has 8 nitrogen and oxygen atoms in total. The van der Waals surface area contributed by atoms with E-state index in [0.717, 1.165) is 35.2 Å². The van der Waals surface area contributed by atoms with Gasteiger partial charge < -0.3 is 10.2 Å². The van der Waals surface area contributed by atoms with Crippen LogP contribution < -0.4 is 10.2 Å². The van der Waals surface area contributed by atoms with Crippen LogP contribution in [0.5, 0.6) is 0 Å². The van der Waals surface area contributed by atoms with E-state index >= 15 is 0 Å². The van der Waals surface area contributed by atoms with E-state index in [0.29, 0.717) is 16.8 Å². The molecule has 4 aromatic carbocycles. The molecule has 1 N–H and O–H groups in total. The van der Waals surface area contributed by atoms with E-state index in [1.807, 2.05) is 78.6 Å². The lowest BCUT2D eigenvalue weighted by atomic mass is 9.64. The average molecular weight is 598 g/mol. The van der Waals surface area contributed by atoms with Crippen LogP contribution in [0.2, 0.25) is 0 Å². The van der Waals surface area contributed by atoms with Gasteiger partial charge in [0.1, 0.15) is 11.5 Å². The molecule has 0 unspecified atom stereocenters. The summed E-state index contributed by atoms with van der Waals surface area (Å²) in [6, 6.07) is 26.3. The Hall–Kier alpha value is -5.37. The molecule has 8 heteroatoms. The molecule has 0 saturated carbocycles. The second-order valence-electron chi connectivity index (χ2n) is 12.0. The molecule has 4 aromatic rings. The van der Waals surface area contributed by atoms with Gasteiger partial charge in [0.15, 0.2) is 11.6 Å². The van der Waals surface area contributed by atoms with E-state index < -0.39 is 28.3 Å². The number of fused-ring (bicyclic) bond motifs is 6. The molecule has 3 aliphatic heterocycles. The minimum absolute atomic E-state index is 0.141. The molecule has 0 aromatic heterocycles. The van der Waals surface area contributed by atoms with Crippen LogP contribution in [-0.4, -0.2) is 34.5 Å². The standard InChI is InChI=1S/C37H31N3O5/c1-3-8-23-13-15-24(16-14-23)34(41)32-33(35(42)25-17-19-26(20-18-25)40(44)45)39-30-12-7-4-9-27(30)22(2)21-31(39)37(32)28-10-5-6-11-29(28)38-36(37)43/h4-7,9-21,31-33H,3,8H2,1-2H3,(H,38,43)/t31-,32-,33-,37+/m1/s1. The maximum absolute atomic E-state index is 15.0. The van der Waals surface area contributed by atoms with Crippen LogP contribution in [0, 0.1) is 16.0 Å². The molecule has 0 bridgehead atoms. The highest BCUT2D eigenvalue weighted by atomic mass is 16.6. The van der Waals surface area contributed by atoms with Gasteiger partial charge in [-0.15, -0.1) is 0 Å². The molecule has 45 heavy (non-hydrogen) atoms. The van der Waals surface area contributed by atoms with E-state index in [1.54, 1.807) is 12.1 Å². The van der Waals surface area contributed by atoms with Gasteiger partial charge in [0, 0.05) is 40.2 Å². The summed E-state index contributed by atoms with van der Waals surface area (Å²) in [5.41, 5.74) is 4.09. The van der Waals surface area contributed by atoms with Gasteiger partial charge in [0.25, 0.3) is 5.69 Å². The number of amides is 1. The molecule has 3 heterocycles. The topological polar surface area (TPSA) is 110 Å². The summed E-state index contributed by atoms with van der Waals surface area (Å²) in [7, 11) is 0. The highest BCUT2D eigenvalue weighted by Crippen LogP contribution is 2.58. The number of nitro groups is 1. The molecule has 224 valence electrons. The van der Waals surface area contributed by atoms with Gasteiger partial charge in [-0.05, 0) is 54.3 Å². The third-order valence-electron chi connectivity index (χ3n) is 9.57. The zero-order valence-corrected chi connectivity index (χ0v) is 24.9. The summed E-state index contributed by atoms with van der Waals surface area (Å²) >= 11 is 0. The number of nitrogens with one attached hydrogen (secondary N) is 1. The smallest absolute Gasteiger partial charge is 0.269 e. The van der Waals surface area contributed by atoms with Crippen molar-refractivity contribution in [2.75, 3.05) is 10.2 Å². The Morgan fingerprint density at radius 1 is 0.889 bits per heavy atom. The van der Waals surface area contributed by atoms with E-state index in [1.165, 1.54) is 24.3 Å². The Morgan fingerprint density at radius 3 is 2.24 bits per heavy atom. The van der Waals surface area contributed by atoms with E-state index in [-0.39, 0.29) is 28.7 Å². The molecule has 3 aliphatic rings. The number of allylic oxidation sites excluding steroid dienone is 1. The van der Waals surface area contributed by atoms with Crippen molar-refractivity contribution in [2.24, 2.45) is 5.92 Å². The van der Waals surface area contributed by atoms with Crippen LogP contribution in [0.4, 0.5) is 17.1 Å². The summed E-state index contributed by atoms with van der Waals surface area (Å²) in [6.07, 6.45) is 3.84. The monoisotopic (exact) mass is 597 g/mol. The fourth-order valence-electron chi connectivity index (χ4n) is 7.61. The van der Waals surface area contributed by atoms with E-state index in [4.69, 9.17) is 0 Å². The first-order valence-electron chi connectivity index (χ1n) is 15.2. The number of carbonyl (C=O) groups excluding carboxylic acids is 3. The maximum atomic E-state index is 15.0. The predicted octanol–water partition coefficient (Wildman–Crippen LogP) is 6.79.